The molecule has 0 radical (unpaired) electrons. The van der Waals surface area contributed by atoms with Crippen LogP contribution in [0.15, 0.2) is 42.5 Å². The van der Waals surface area contributed by atoms with Gasteiger partial charge in [-0.1, -0.05) is 30.7 Å². The Morgan fingerprint density at radius 2 is 2.00 bits per heavy atom. The van der Waals surface area contributed by atoms with Crippen LogP contribution in [0, 0.1) is 0 Å². The standard InChI is InChI=1S/C18H16ClN5O/c1-3-16-22-23-18-17(20-11-8-9-15(25-2)12(19)10-11)21-13-6-4-5-7-14(13)24(16)18/h4-10H,3H2,1-2H3,(H,20,21). The average molecular weight is 354 g/mol. The zero-order valence-corrected chi connectivity index (χ0v) is 14.6. The zero-order valence-electron chi connectivity index (χ0n) is 13.8. The molecule has 0 aliphatic rings. The van der Waals surface area contributed by atoms with E-state index in [0.29, 0.717) is 22.2 Å². The van der Waals surface area contributed by atoms with Crippen molar-refractivity contribution in [2.24, 2.45) is 0 Å². The Morgan fingerprint density at radius 3 is 2.76 bits per heavy atom. The van der Waals surface area contributed by atoms with Gasteiger partial charge in [-0.2, -0.15) is 0 Å². The second-order valence-electron chi connectivity index (χ2n) is 5.55. The molecule has 25 heavy (non-hydrogen) atoms. The summed E-state index contributed by atoms with van der Waals surface area (Å²) in [7, 11) is 1.59. The average Bonchev–Trinajstić information content (AvgIpc) is 3.07. The summed E-state index contributed by atoms with van der Waals surface area (Å²) < 4.78 is 7.23. The molecule has 0 bridgehead atoms. The van der Waals surface area contributed by atoms with Crippen molar-refractivity contribution in [3.8, 4) is 5.75 Å². The highest BCUT2D eigenvalue weighted by Crippen LogP contribution is 2.30. The Labute approximate surface area is 149 Å². The number of nitrogens with zero attached hydrogens (tertiary/aromatic N) is 4. The van der Waals surface area contributed by atoms with Crippen LogP contribution in [0.3, 0.4) is 0 Å². The number of aromatic nitrogens is 4. The molecular weight excluding hydrogens is 338 g/mol. The van der Waals surface area contributed by atoms with Gasteiger partial charge in [0.2, 0.25) is 5.65 Å². The smallest absolute Gasteiger partial charge is 0.204 e. The van der Waals surface area contributed by atoms with Gasteiger partial charge in [0.05, 0.1) is 23.2 Å². The summed E-state index contributed by atoms with van der Waals surface area (Å²) in [6.45, 7) is 2.06. The Hall–Kier alpha value is -2.86. The Morgan fingerprint density at radius 1 is 1.16 bits per heavy atom. The second-order valence-corrected chi connectivity index (χ2v) is 5.96. The molecule has 0 spiro atoms. The fraction of sp³-hybridized carbons (Fsp3) is 0.167. The highest BCUT2D eigenvalue weighted by Gasteiger charge is 2.14. The number of benzene rings is 2. The summed E-state index contributed by atoms with van der Waals surface area (Å²) in [6, 6.07) is 13.4. The summed E-state index contributed by atoms with van der Waals surface area (Å²) in [5.74, 6) is 2.15. The molecule has 2 aromatic carbocycles. The molecule has 2 aromatic heterocycles. The Kier molecular flexibility index (Phi) is 3.89. The summed E-state index contributed by atoms with van der Waals surface area (Å²) in [5.41, 5.74) is 3.34. The maximum Gasteiger partial charge on any atom is 0.204 e. The summed E-state index contributed by atoms with van der Waals surface area (Å²) >= 11 is 6.22. The third-order valence-electron chi connectivity index (χ3n) is 4.03. The predicted molar refractivity (Wildman–Crippen MR) is 99.0 cm³/mol. The minimum Gasteiger partial charge on any atom is -0.495 e. The molecule has 6 nitrogen and oxygen atoms in total. The fourth-order valence-corrected chi connectivity index (χ4v) is 3.09. The number of fused-ring (bicyclic) bond motifs is 3. The molecule has 0 atom stereocenters. The number of nitrogens with one attached hydrogen (secondary N) is 1. The molecule has 0 aliphatic heterocycles. The maximum atomic E-state index is 6.22. The molecule has 0 fully saturated rings. The van der Waals surface area contributed by atoms with Crippen LogP contribution in [0.25, 0.3) is 16.7 Å². The molecule has 126 valence electrons. The number of ether oxygens (including phenoxy) is 1. The molecule has 0 amide bonds. The number of aryl methyl sites for hydroxylation is 1. The van der Waals surface area contributed by atoms with E-state index in [1.54, 1.807) is 13.2 Å². The van der Waals surface area contributed by atoms with Gasteiger partial charge in [0.1, 0.15) is 11.6 Å². The van der Waals surface area contributed by atoms with E-state index >= 15 is 0 Å². The van der Waals surface area contributed by atoms with Crippen molar-refractivity contribution < 1.29 is 4.74 Å². The maximum absolute atomic E-state index is 6.22. The van der Waals surface area contributed by atoms with Crippen LogP contribution in [0.1, 0.15) is 12.7 Å². The molecule has 4 aromatic rings. The second kappa shape index (κ2) is 6.22. The van der Waals surface area contributed by atoms with Crippen molar-refractivity contribution in [1.29, 1.82) is 0 Å². The highest BCUT2D eigenvalue weighted by molar-refractivity contribution is 6.32. The Balaban J connectivity index is 1.89. The van der Waals surface area contributed by atoms with E-state index in [4.69, 9.17) is 21.3 Å². The molecule has 1 N–H and O–H groups in total. The zero-order chi connectivity index (χ0) is 17.4. The molecule has 0 saturated carbocycles. The van der Waals surface area contributed by atoms with Crippen LogP contribution >= 0.6 is 11.6 Å². The molecule has 0 saturated heterocycles. The molecule has 2 heterocycles. The van der Waals surface area contributed by atoms with Crippen molar-refractivity contribution in [2.45, 2.75) is 13.3 Å². The van der Waals surface area contributed by atoms with E-state index in [9.17, 15) is 0 Å². The third kappa shape index (κ3) is 2.64. The molecule has 4 rings (SSSR count). The number of para-hydroxylation sites is 2. The van der Waals surface area contributed by atoms with Crippen LogP contribution in [0.4, 0.5) is 11.5 Å². The van der Waals surface area contributed by atoms with Gasteiger partial charge in [0, 0.05) is 12.1 Å². The van der Waals surface area contributed by atoms with Crippen molar-refractivity contribution in [3.63, 3.8) is 0 Å². The van der Waals surface area contributed by atoms with Gasteiger partial charge in [0.25, 0.3) is 0 Å². The van der Waals surface area contributed by atoms with Crippen molar-refractivity contribution in [1.82, 2.24) is 19.6 Å². The summed E-state index contributed by atoms with van der Waals surface area (Å²) in [4.78, 5) is 4.71. The van der Waals surface area contributed by atoms with Gasteiger partial charge in [0.15, 0.2) is 5.82 Å². The van der Waals surface area contributed by atoms with E-state index in [1.165, 1.54) is 0 Å². The third-order valence-corrected chi connectivity index (χ3v) is 4.32. The predicted octanol–water partition coefficient (Wildman–Crippen LogP) is 4.25. The van der Waals surface area contributed by atoms with Crippen LogP contribution in [-0.2, 0) is 6.42 Å². The summed E-state index contributed by atoms with van der Waals surface area (Å²) in [5, 5.41) is 12.4. The topological polar surface area (TPSA) is 64.3 Å². The number of methoxy groups -OCH3 is 1. The van der Waals surface area contributed by atoms with Crippen molar-refractivity contribution in [3.05, 3.63) is 53.3 Å². The van der Waals surface area contributed by atoms with Gasteiger partial charge in [-0.05, 0) is 30.3 Å². The van der Waals surface area contributed by atoms with Crippen LogP contribution in [0.2, 0.25) is 5.02 Å². The minimum absolute atomic E-state index is 0.528. The van der Waals surface area contributed by atoms with Crippen molar-refractivity contribution >= 4 is 39.8 Å². The lowest BCUT2D eigenvalue weighted by Crippen LogP contribution is -2.02. The number of hydrogen-bond acceptors (Lipinski definition) is 5. The first-order chi connectivity index (χ1) is 12.2. The van der Waals surface area contributed by atoms with Crippen LogP contribution in [0.5, 0.6) is 5.75 Å². The number of anilines is 2. The number of rotatable bonds is 4. The lowest BCUT2D eigenvalue weighted by molar-refractivity contribution is 0.415. The number of hydrogen-bond donors (Lipinski definition) is 1. The van der Waals surface area contributed by atoms with E-state index in [1.807, 2.05) is 40.8 Å². The van der Waals surface area contributed by atoms with Crippen LogP contribution in [-0.4, -0.2) is 26.7 Å². The molecule has 0 aliphatic carbocycles. The normalized spacial score (nSPS) is 11.2. The van der Waals surface area contributed by atoms with Crippen LogP contribution < -0.4 is 10.1 Å². The highest BCUT2D eigenvalue weighted by atomic mass is 35.5. The van der Waals surface area contributed by atoms with Gasteiger partial charge >= 0.3 is 0 Å². The number of halogens is 1. The molecule has 7 heteroatoms. The first-order valence-electron chi connectivity index (χ1n) is 7.94. The van der Waals surface area contributed by atoms with E-state index < -0.39 is 0 Å². The Bertz CT molecular complexity index is 1080. The van der Waals surface area contributed by atoms with Gasteiger partial charge in [-0.25, -0.2) is 4.98 Å². The SMILES string of the molecule is CCc1nnc2c(Nc3ccc(OC)c(Cl)c3)nc3ccccc3n12. The fourth-order valence-electron chi connectivity index (χ4n) is 2.83. The van der Waals surface area contributed by atoms with Gasteiger partial charge in [-0.15, -0.1) is 10.2 Å². The first kappa shape index (κ1) is 15.7. The molecule has 0 unspecified atom stereocenters. The van der Waals surface area contributed by atoms with Gasteiger partial charge < -0.3 is 10.1 Å². The lowest BCUT2D eigenvalue weighted by atomic mass is 10.2. The summed E-state index contributed by atoms with van der Waals surface area (Å²) in [6.07, 6.45) is 0.781. The van der Waals surface area contributed by atoms with E-state index in [-0.39, 0.29) is 0 Å². The molecular formula is C18H16ClN5O. The first-order valence-corrected chi connectivity index (χ1v) is 8.32. The minimum atomic E-state index is 0.528. The monoisotopic (exact) mass is 353 g/mol. The van der Waals surface area contributed by atoms with Gasteiger partial charge in [-0.3, -0.25) is 4.40 Å². The largest absolute Gasteiger partial charge is 0.495 e. The van der Waals surface area contributed by atoms with E-state index in [0.717, 1.165) is 29.0 Å². The van der Waals surface area contributed by atoms with Crippen molar-refractivity contribution in [2.75, 3.05) is 12.4 Å². The lowest BCUT2D eigenvalue weighted by Gasteiger charge is -2.11. The quantitative estimate of drug-likeness (QED) is 0.594. The van der Waals surface area contributed by atoms with E-state index in [2.05, 4.69) is 22.4 Å².